The Bertz CT molecular complexity index is 1180. The molecule has 0 saturated carbocycles. The summed E-state index contributed by atoms with van der Waals surface area (Å²) in [6.07, 6.45) is 0.188. The lowest BCUT2D eigenvalue weighted by atomic mass is 9.90. The number of carboxylic acid groups (broad SMARTS) is 1. The summed E-state index contributed by atoms with van der Waals surface area (Å²) in [6, 6.07) is 15.8. The third-order valence-corrected chi connectivity index (χ3v) is 4.86. The highest BCUT2D eigenvalue weighted by Crippen LogP contribution is 2.33. The molecule has 0 bridgehead atoms. The first-order valence-electron chi connectivity index (χ1n) is 9.54. The topological polar surface area (TPSA) is 133 Å². The minimum Gasteiger partial charge on any atom is -0.505 e. The van der Waals surface area contributed by atoms with Crippen molar-refractivity contribution in [2.24, 2.45) is 5.41 Å². The number of aromatic hydroxyl groups is 1. The minimum absolute atomic E-state index is 0.0395. The average molecular weight is 419 g/mol. The second-order valence-corrected chi connectivity index (χ2v) is 7.59. The van der Waals surface area contributed by atoms with E-state index in [4.69, 9.17) is 9.84 Å². The van der Waals surface area contributed by atoms with E-state index in [1.807, 2.05) is 24.3 Å². The molecule has 3 rings (SSSR count). The number of rotatable bonds is 7. The van der Waals surface area contributed by atoms with E-state index in [9.17, 15) is 20.0 Å². The van der Waals surface area contributed by atoms with E-state index >= 15 is 0 Å². The maximum Gasteiger partial charge on any atom is 0.309 e. The zero-order valence-corrected chi connectivity index (χ0v) is 17.0. The molecule has 0 aliphatic rings. The monoisotopic (exact) mass is 419 g/mol. The third kappa shape index (κ3) is 4.73. The summed E-state index contributed by atoms with van der Waals surface area (Å²) in [5.74, 6) is -0.979. The molecule has 31 heavy (non-hydrogen) atoms. The van der Waals surface area contributed by atoms with Gasteiger partial charge in [-0.25, -0.2) is 4.98 Å². The largest absolute Gasteiger partial charge is 0.505 e. The first-order chi connectivity index (χ1) is 14.7. The maximum absolute atomic E-state index is 12.5. The second kappa shape index (κ2) is 8.71. The summed E-state index contributed by atoms with van der Waals surface area (Å²) < 4.78 is 5.76. The highest BCUT2D eigenvalue weighted by Gasteiger charge is 2.27. The van der Waals surface area contributed by atoms with Crippen LogP contribution in [0.15, 0.2) is 48.5 Å². The molecule has 0 aliphatic carbocycles. The zero-order valence-electron chi connectivity index (χ0n) is 17.0. The van der Waals surface area contributed by atoms with Crippen molar-refractivity contribution in [3.05, 3.63) is 59.9 Å². The number of carboxylic acids is 1. The van der Waals surface area contributed by atoms with Crippen molar-refractivity contribution < 1.29 is 24.5 Å². The van der Waals surface area contributed by atoms with E-state index in [0.717, 1.165) is 0 Å². The number of hydrogen-bond acceptors (Lipinski definition) is 6. The number of pyridine rings is 1. The molecule has 3 aromatic rings. The number of carbonyl (C=O) groups excluding carboxylic acids is 1. The minimum atomic E-state index is -1.01. The number of amides is 1. The predicted octanol–water partition coefficient (Wildman–Crippen LogP) is 3.84. The number of nitrogens with zero attached hydrogens (tertiary/aromatic N) is 2. The van der Waals surface area contributed by atoms with Gasteiger partial charge in [-0.1, -0.05) is 18.2 Å². The van der Waals surface area contributed by atoms with Gasteiger partial charge in [0.1, 0.15) is 23.3 Å². The SMILES string of the molecule is CC(C)(CCNC(=O)c1nc(C#N)c2cc(Oc3ccccc3)ccc2c1O)C(=O)O. The van der Waals surface area contributed by atoms with Crippen LogP contribution in [0.2, 0.25) is 0 Å². The Balaban J connectivity index is 1.88. The molecule has 3 N–H and O–H groups in total. The fourth-order valence-electron chi connectivity index (χ4n) is 2.89. The van der Waals surface area contributed by atoms with Crippen molar-refractivity contribution in [3.63, 3.8) is 0 Å². The van der Waals surface area contributed by atoms with Gasteiger partial charge in [0.2, 0.25) is 0 Å². The molecule has 0 aliphatic heterocycles. The van der Waals surface area contributed by atoms with Crippen molar-refractivity contribution >= 4 is 22.6 Å². The molecule has 0 unspecified atom stereocenters. The van der Waals surface area contributed by atoms with Gasteiger partial charge in [-0.05, 0) is 50.6 Å². The van der Waals surface area contributed by atoms with Gasteiger partial charge in [0, 0.05) is 17.3 Å². The fraction of sp³-hybridized carbons (Fsp3) is 0.217. The van der Waals surface area contributed by atoms with Gasteiger partial charge in [-0.2, -0.15) is 5.26 Å². The van der Waals surface area contributed by atoms with Crippen LogP contribution in [-0.4, -0.2) is 33.6 Å². The lowest BCUT2D eigenvalue weighted by Crippen LogP contribution is -2.32. The molecular formula is C23H21N3O5. The van der Waals surface area contributed by atoms with Crippen LogP contribution in [0.3, 0.4) is 0 Å². The van der Waals surface area contributed by atoms with E-state index in [2.05, 4.69) is 10.3 Å². The van der Waals surface area contributed by atoms with Crippen LogP contribution in [0.5, 0.6) is 17.2 Å². The number of benzene rings is 2. The van der Waals surface area contributed by atoms with Gasteiger partial charge in [-0.15, -0.1) is 0 Å². The van der Waals surface area contributed by atoms with Crippen LogP contribution in [0.4, 0.5) is 0 Å². The molecule has 0 atom stereocenters. The number of hydrogen-bond donors (Lipinski definition) is 3. The fourth-order valence-corrected chi connectivity index (χ4v) is 2.89. The van der Waals surface area contributed by atoms with Crippen molar-refractivity contribution in [1.29, 1.82) is 5.26 Å². The molecule has 8 nitrogen and oxygen atoms in total. The number of aromatic nitrogens is 1. The summed E-state index contributed by atoms with van der Waals surface area (Å²) in [5.41, 5.74) is -1.35. The molecule has 158 valence electrons. The van der Waals surface area contributed by atoms with E-state index in [0.29, 0.717) is 16.9 Å². The second-order valence-electron chi connectivity index (χ2n) is 7.59. The van der Waals surface area contributed by atoms with Gasteiger partial charge >= 0.3 is 5.97 Å². The van der Waals surface area contributed by atoms with Crippen molar-refractivity contribution in [1.82, 2.24) is 10.3 Å². The Labute approximate surface area is 178 Å². The van der Waals surface area contributed by atoms with E-state index in [1.54, 1.807) is 44.2 Å². The quantitative estimate of drug-likeness (QED) is 0.530. The van der Waals surface area contributed by atoms with E-state index in [1.165, 1.54) is 0 Å². The van der Waals surface area contributed by atoms with Gasteiger partial charge < -0.3 is 20.3 Å². The number of aliphatic carboxylic acids is 1. The predicted molar refractivity (Wildman–Crippen MR) is 113 cm³/mol. The highest BCUT2D eigenvalue weighted by molar-refractivity contribution is 6.03. The molecule has 1 heterocycles. The highest BCUT2D eigenvalue weighted by atomic mass is 16.5. The maximum atomic E-state index is 12.5. The van der Waals surface area contributed by atoms with Crippen LogP contribution in [0.1, 0.15) is 36.5 Å². The number of carbonyl (C=O) groups is 2. The Morgan fingerprint density at radius 3 is 2.48 bits per heavy atom. The summed E-state index contributed by atoms with van der Waals surface area (Å²) in [6.45, 7) is 3.18. The summed E-state index contributed by atoms with van der Waals surface area (Å²) in [4.78, 5) is 27.7. The average Bonchev–Trinajstić information content (AvgIpc) is 2.74. The number of nitrogens with one attached hydrogen (secondary N) is 1. The molecule has 2 aromatic carbocycles. The summed E-state index contributed by atoms with van der Waals surface area (Å²) >= 11 is 0. The number of ether oxygens (including phenoxy) is 1. The smallest absolute Gasteiger partial charge is 0.309 e. The van der Waals surface area contributed by atoms with Crippen LogP contribution >= 0.6 is 0 Å². The molecule has 0 spiro atoms. The number of para-hydroxylation sites is 1. The summed E-state index contributed by atoms with van der Waals surface area (Å²) in [7, 11) is 0. The number of fused-ring (bicyclic) bond motifs is 1. The van der Waals surface area contributed by atoms with Gasteiger partial charge in [0.15, 0.2) is 11.4 Å². The van der Waals surface area contributed by atoms with Crippen molar-refractivity contribution in [2.75, 3.05) is 6.54 Å². The zero-order chi connectivity index (χ0) is 22.6. The van der Waals surface area contributed by atoms with Crippen LogP contribution in [0, 0.1) is 16.7 Å². The Morgan fingerprint density at radius 1 is 1.13 bits per heavy atom. The van der Waals surface area contributed by atoms with Crippen LogP contribution in [-0.2, 0) is 4.79 Å². The molecule has 8 heteroatoms. The first kappa shape index (κ1) is 21.6. The normalized spacial score (nSPS) is 11.0. The van der Waals surface area contributed by atoms with E-state index < -0.39 is 17.3 Å². The van der Waals surface area contributed by atoms with Gasteiger partial charge in [0.05, 0.1) is 5.41 Å². The first-order valence-corrected chi connectivity index (χ1v) is 9.54. The molecule has 1 aromatic heterocycles. The lowest BCUT2D eigenvalue weighted by molar-refractivity contribution is -0.147. The van der Waals surface area contributed by atoms with Gasteiger partial charge in [-0.3, -0.25) is 9.59 Å². The Kier molecular flexibility index (Phi) is 6.07. The third-order valence-electron chi connectivity index (χ3n) is 4.86. The standard InChI is InChI=1S/C23H21N3O5/c1-23(2,22(29)30)10-11-25-21(28)19-20(27)16-9-8-15(12-17(16)18(13-24)26-19)31-14-6-4-3-5-7-14/h3-9,12,27H,10-11H2,1-2H3,(H,25,28)(H,29,30). The van der Waals surface area contributed by atoms with Crippen molar-refractivity contribution in [3.8, 4) is 23.3 Å². The molecule has 0 saturated heterocycles. The van der Waals surface area contributed by atoms with Crippen molar-refractivity contribution in [2.45, 2.75) is 20.3 Å². The van der Waals surface area contributed by atoms with Crippen LogP contribution < -0.4 is 10.1 Å². The van der Waals surface area contributed by atoms with Crippen LogP contribution in [0.25, 0.3) is 10.8 Å². The lowest BCUT2D eigenvalue weighted by Gasteiger charge is -2.19. The molecule has 1 amide bonds. The Morgan fingerprint density at radius 2 is 1.84 bits per heavy atom. The van der Waals surface area contributed by atoms with E-state index in [-0.39, 0.29) is 35.5 Å². The molecule has 0 fully saturated rings. The van der Waals surface area contributed by atoms with Gasteiger partial charge in [0.25, 0.3) is 5.91 Å². The summed E-state index contributed by atoms with van der Waals surface area (Å²) in [5, 5.41) is 32.5. The molecule has 0 radical (unpaired) electrons. The number of nitriles is 1. The molecular weight excluding hydrogens is 398 g/mol. The Hall–Kier alpha value is -4.12.